The number of rotatable bonds is 6. The highest BCUT2D eigenvalue weighted by Crippen LogP contribution is 2.13. The highest BCUT2D eigenvalue weighted by molar-refractivity contribution is 6.02. The molecule has 26 heavy (non-hydrogen) atoms. The van der Waals surface area contributed by atoms with Crippen LogP contribution in [0.1, 0.15) is 26.5 Å². The predicted molar refractivity (Wildman–Crippen MR) is 97.2 cm³/mol. The first kappa shape index (κ1) is 17.3. The number of furan rings is 1. The van der Waals surface area contributed by atoms with E-state index in [1.54, 1.807) is 54.6 Å². The van der Waals surface area contributed by atoms with Crippen molar-refractivity contribution in [1.82, 2.24) is 5.32 Å². The fraction of sp³-hybridized carbons (Fsp3) is 0.100. The van der Waals surface area contributed by atoms with Gasteiger partial charge in [-0.2, -0.15) is 0 Å². The van der Waals surface area contributed by atoms with Crippen molar-refractivity contribution in [2.75, 3.05) is 11.9 Å². The lowest BCUT2D eigenvalue weighted by atomic mass is 10.1. The van der Waals surface area contributed by atoms with Gasteiger partial charge in [0.05, 0.1) is 6.26 Å². The van der Waals surface area contributed by atoms with Gasteiger partial charge in [0.25, 0.3) is 11.8 Å². The number of phenols is 1. The van der Waals surface area contributed by atoms with Gasteiger partial charge >= 0.3 is 0 Å². The zero-order valence-electron chi connectivity index (χ0n) is 13.9. The number of hydrogen-bond donors (Lipinski definition) is 3. The first-order chi connectivity index (χ1) is 12.6. The summed E-state index contributed by atoms with van der Waals surface area (Å²) in [5.74, 6) is -0.118. The van der Waals surface area contributed by atoms with Crippen LogP contribution in [-0.4, -0.2) is 23.5 Å². The summed E-state index contributed by atoms with van der Waals surface area (Å²) in [5.41, 5.74) is 2.01. The summed E-state index contributed by atoms with van der Waals surface area (Å²) >= 11 is 0. The van der Waals surface area contributed by atoms with E-state index in [9.17, 15) is 14.7 Å². The maximum absolute atomic E-state index is 12.2. The molecule has 2 aromatic carbocycles. The van der Waals surface area contributed by atoms with Crippen molar-refractivity contribution in [3.8, 4) is 5.75 Å². The molecule has 0 radical (unpaired) electrons. The summed E-state index contributed by atoms with van der Waals surface area (Å²) in [7, 11) is 0. The van der Waals surface area contributed by atoms with Crippen LogP contribution in [0.3, 0.4) is 0 Å². The van der Waals surface area contributed by atoms with Crippen LogP contribution in [0.4, 0.5) is 5.69 Å². The molecular weight excluding hydrogens is 332 g/mol. The van der Waals surface area contributed by atoms with E-state index in [-0.39, 0.29) is 23.3 Å². The fourth-order valence-corrected chi connectivity index (χ4v) is 2.44. The van der Waals surface area contributed by atoms with Crippen LogP contribution in [0, 0.1) is 0 Å². The topological polar surface area (TPSA) is 91.6 Å². The number of carbonyl (C=O) groups is 2. The first-order valence-corrected chi connectivity index (χ1v) is 8.13. The van der Waals surface area contributed by atoms with Gasteiger partial charge in [-0.15, -0.1) is 0 Å². The van der Waals surface area contributed by atoms with Crippen LogP contribution in [-0.2, 0) is 6.42 Å². The van der Waals surface area contributed by atoms with Crippen LogP contribution in [0.25, 0.3) is 0 Å². The molecule has 2 amide bonds. The van der Waals surface area contributed by atoms with E-state index >= 15 is 0 Å². The second-order valence-corrected chi connectivity index (χ2v) is 5.68. The van der Waals surface area contributed by atoms with E-state index in [2.05, 4.69) is 10.6 Å². The van der Waals surface area contributed by atoms with Crippen LogP contribution >= 0.6 is 0 Å². The molecule has 1 aromatic heterocycles. The summed E-state index contributed by atoms with van der Waals surface area (Å²) in [4.78, 5) is 24.1. The molecule has 0 saturated heterocycles. The number of benzene rings is 2. The van der Waals surface area contributed by atoms with E-state index in [0.29, 0.717) is 24.2 Å². The maximum atomic E-state index is 12.2. The maximum Gasteiger partial charge on any atom is 0.291 e. The molecule has 132 valence electrons. The predicted octanol–water partition coefficient (Wildman–Crippen LogP) is 3.21. The number of carbonyl (C=O) groups excluding carboxylic acids is 2. The largest absolute Gasteiger partial charge is 0.508 e. The van der Waals surface area contributed by atoms with Gasteiger partial charge in [0, 0.05) is 17.8 Å². The lowest BCUT2D eigenvalue weighted by Crippen LogP contribution is -2.25. The van der Waals surface area contributed by atoms with Crippen molar-refractivity contribution in [2.24, 2.45) is 0 Å². The smallest absolute Gasteiger partial charge is 0.291 e. The lowest BCUT2D eigenvalue weighted by Gasteiger charge is -2.07. The third kappa shape index (κ3) is 4.51. The monoisotopic (exact) mass is 350 g/mol. The van der Waals surface area contributed by atoms with Gasteiger partial charge in [0.1, 0.15) is 5.75 Å². The van der Waals surface area contributed by atoms with Crippen molar-refractivity contribution >= 4 is 17.5 Å². The van der Waals surface area contributed by atoms with Gasteiger partial charge in [-0.25, -0.2) is 0 Å². The Morgan fingerprint density at radius 1 is 0.962 bits per heavy atom. The summed E-state index contributed by atoms with van der Waals surface area (Å²) in [6.07, 6.45) is 2.05. The van der Waals surface area contributed by atoms with Crippen LogP contribution < -0.4 is 10.6 Å². The zero-order chi connectivity index (χ0) is 18.4. The fourth-order valence-electron chi connectivity index (χ4n) is 2.44. The molecule has 3 N–H and O–H groups in total. The van der Waals surface area contributed by atoms with Gasteiger partial charge < -0.3 is 20.2 Å². The number of amides is 2. The Morgan fingerprint density at radius 2 is 1.77 bits per heavy atom. The van der Waals surface area contributed by atoms with Crippen LogP contribution in [0.2, 0.25) is 0 Å². The SMILES string of the molecule is O=C(NCCc1cccc(O)c1)c1ccc(NC(=O)c2ccco2)cc1. The third-order valence-corrected chi connectivity index (χ3v) is 3.76. The van der Waals surface area contributed by atoms with Crippen molar-refractivity contribution in [3.05, 3.63) is 83.8 Å². The molecule has 3 rings (SSSR count). The molecule has 0 aliphatic carbocycles. The van der Waals surface area contributed by atoms with Crippen LogP contribution in [0.15, 0.2) is 71.3 Å². The highest BCUT2D eigenvalue weighted by atomic mass is 16.3. The van der Waals surface area contributed by atoms with Crippen molar-refractivity contribution in [2.45, 2.75) is 6.42 Å². The Labute approximate surface area is 150 Å². The molecule has 6 nitrogen and oxygen atoms in total. The Balaban J connectivity index is 1.51. The van der Waals surface area contributed by atoms with Gasteiger partial charge in [-0.05, 0) is 60.5 Å². The van der Waals surface area contributed by atoms with E-state index in [1.165, 1.54) is 6.26 Å². The lowest BCUT2D eigenvalue weighted by molar-refractivity contribution is 0.0953. The molecule has 0 fully saturated rings. The number of hydrogen-bond acceptors (Lipinski definition) is 4. The molecule has 3 aromatic rings. The first-order valence-electron chi connectivity index (χ1n) is 8.13. The number of nitrogens with one attached hydrogen (secondary N) is 2. The minimum atomic E-state index is -0.349. The van der Waals surface area contributed by atoms with Crippen molar-refractivity contribution in [3.63, 3.8) is 0 Å². The number of phenolic OH excluding ortho intramolecular Hbond substituents is 1. The van der Waals surface area contributed by atoms with E-state index in [4.69, 9.17) is 4.42 Å². The number of aromatic hydroxyl groups is 1. The van der Waals surface area contributed by atoms with Gasteiger partial charge in [-0.3, -0.25) is 9.59 Å². The van der Waals surface area contributed by atoms with Gasteiger partial charge in [-0.1, -0.05) is 12.1 Å². The average Bonchev–Trinajstić information content (AvgIpc) is 3.17. The van der Waals surface area contributed by atoms with Crippen molar-refractivity contribution < 1.29 is 19.1 Å². The zero-order valence-corrected chi connectivity index (χ0v) is 13.9. The standard InChI is InChI=1S/C20H18N2O4/c23-17-4-1-3-14(13-17)10-11-21-19(24)15-6-8-16(9-7-15)22-20(25)18-5-2-12-26-18/h1-9,12-13,23H,10-11H2,(H,21,24)(H,22,25). The minimum Gasteiger partial charge on any atom is -0.508 e. The van der Waals surface area contributed by atoms with E-state index in [1.807, 2.05) is 6.07 Å². The van der Waals surface area contributed by atoms with E-state index in [0.717, 1.165) is 5.56 Å². The molecule has 0 spiro atoms. The Morgan fingerprint density at radius 3 is 2.46 bits per heavy atom. The molecule has 6 heteroatoms. The minimum absolute atomic E-state index is 0.200. The molecule has 0 aliphatic heterocycles. The van der Waals surface area contributed by atoms with Gasteiger partial charge in [0.2, 0.25) is 0 Å². The molecule has 0 aliphatic rings. The summed E-state index contributed by atoms with van der Waals surface area (Å²) in [5, 5.41) is 14.9. The molecular formula is C20H18N2O4. The number of anilines is 1. The summed E-state index contributed by atoms with van der Waals surface area (Å²) in [6, 6.07) is 16.7. The quantitative estimate of drug-likeness (QED) is 0.636. The Hall–Kier alpha value is -3.54. The Kier molecular flexibility index (Phi) is 5.34. The van der Waals surface area contributed by atoms with Gasteiger partial charge in [0.15, 0.2) is 5.76 Å². The second kappa shape index (κ2) is 8.02. The normalized spacial score (nSPS) is 10.3. The Bertz CT molecular complexity index is 886. The summed E-state index contributed by atoms with van der Waals surface area (Å²) in [6.45, 7) is 0.458. The molecule has 0 unspecified atom stereocenters. The molecule has 1 heterocycles. The average molecular weight is 350 g/mol. The third-order valence-electron chi connectivity index (χ3n) is 3.76. The van der Waals surface area contributed by atoms with E-state index < -0.39 is 0 Å². The van der Waals surface area contributed by atoms with Crippen LogP contribution in [0.5, 0.6) is 5.75 Å². The van der Waals surface area contributed by atoms with Crippen molar-refractivity contribution in [1.29, 1.82) is 0 Å². The molecule has 0 bridgehead atoms. The summed E-state index contributed by atoms with van der Waals surface area (Å²) < 4.78 is 5.03. The molecule has 0 saturated carbocycles. The second-order valence-electron chi connectivity index (χ2n) is 5.68. The highest BCUT2D eigenvalue weighted by Gasteiger charge is 2.10. The molecule has 0 atom stereocenters.